The molecule has 2 fully saturated rings. The average Bonchev–Trinajstić information content (AvgIpc) is 2.97. The molecule has 1 aromatic heterocycles. The van der Waals surface area contributed by atoms with E-state index in [9.17, 15) is 9.59 Å². The highest BCUT2D eigenvalue weighted by molar-refractivity contribution is 6.22. The van der Waals surface area contributed by atoms with E-state index in [2.05, 4.69) is 19.8 Å². The second-order valence-electron chi connectivity index (χ2n) is 6.65. The summed E-state index contributed by atoms with van der Waals surface area (Å²) in [7, 11) is 0. The Bertz CT molecular complexity index is 818. The molecule has 0 radical (unpaired) electrons. The van der Waals surface area contributed by atoms with Gasteiger partial charge in [-0.05, 0) is 24.6 Å². The molecule has 26 heavy (non-hydrogen) atoms. The van der Waals surface area contributed by atoms with Crippen molar-refractivity contribution in [3.05, 3.63) is 48.3 Å². The molecule has 2 aliphatic rings. The summed E-state index contributed by atoms with van der Waals surface area (Å²) in [4.78, 5) is 39.6. The van der Waals surface area contributed by atoms with Gasteiger partial charge in [0.2, 0.25) is 11.9 Å². The summed E-state index contributed by atoms with van der Waals surface area (Å²) in [5.41, 5.74) is 1.63. The van der Waals surface area contributed by atoms with E-state index >= 15 is 0 Å². The summed E-state index contributed by atoms with van der Waals surface area (Å²) in [6.07, 6.45) is 3.71. The van der Waals surface area contributed by atoms with Crippen LogP contribution in [0.15, 0.2) is 42.7 Å². The highest BCUT2D eigenvalue weighted by atomic mass is 16.2. The van der Waals surface area contributed by atoms with Crippen molar-refractivity contribution in [1.82, 2.24) is 14.9 Å². The van der Waals surface area contributed by atoms with Crippen molar-refractivity contribution in [3.8, 4) is 0 Å². The number of hydrogen-bond acceptors (Lipinski definition) is 6. The molecule has 134 valence electrons. The minimum atomic E-state index is -0.374. The van der Waals surface area contributed by atoms with Gasteiger partial charge in [0.1, 0.15) is 0 Å². The summed E-state index contributed by atoms with van der Waals surface area (Å²) in [6.45, 7) is 4.83. The van der Waals surface area contributed by atoms with E-state index in [1.165, 1.54) is 4.90 Å². The molecule has 0 aliphatic carbocycles. The lowest BCUT2D eigenvalue weighted by atomic mass is 10.1. The molecule has 1 atom stereocenters. The predicted octanol–water partition coefficient (Wildman–Crippen LogP) is 1.24. The molecule has 0 unspecified atom stereocenters. The lowest BCUT2D eigenvalue weighted by Gasteiger charge is -2.36. The van der Waals surface area contributed by atoms with Crippen molar-refractivity contribution in [2.75, 3.05) is 36.0 Å². The highest BCUT2D eigenvalue weighted by Crippen LogP contribution is 2.28. The van der Waals surface area contributed by atoms with E-state index in [0.717, 1.165) is 18.7 Å². The van der Waals surface area contributed by atoms with E-state index in [4.69, 9.17) is 0 Å². The number of benzene rings is 1. The normalized spacial score (nSPS) is 21.5. The van der Waals surface area contributed by atoms with Crippen LogP contribution in [0.5, 0.6) is 0 Å². The zero-order valence-corrected chi connectivity index (χ0v) is 14.7. The van der Waals surface area contributed by atoms with E-state index in [1.807, 2.05) is 31.2 Å². The second-order valence-corrected chi connectivity index (χ2v) is 6.65. The van der Waals surface area contributed by atoms with Gasteiger partial charge in [0.15, 0.2) is 0 Å². The third kappa shape index (κ3) is 2.94. The van der Waals surface area contributed by atoms with E-state index < -0.39 is 0 Å². The van der Waals surface area contributed by atoms with Gasteiger partial charge in [-0.15, -0.1) is 0 Å². The van der Waals surface area contributed by atoms with Gasteiger partial charge >= 0.3 is 0 Å². The Morgan fingerprint density at radius 3 is 2.35 bits per heavy atom. The monoisotopic (exact) mass is 351 g/mol. The first-order valence-corrected chi connectivity index (χ1v) is 8.83. The maximum Gasteiger partial charge on any atom is 0.251 e. The summed E-state index contributed by atoms with van der Waals surface area (Å²) < 4.78 is 0. The van der Waals surface area contributed by atoms with Crippen molar-refractivity contribution < 1.29 is 9.59 Å². The van der Waals surface area contributed by atoms with Crippen LogP contribution in [-0.4, -0.2) is 58.9 Å². The van der Waals surface area contributed by atoms with Gasteiger partial charge < -0.3 is 4.90 Å². The Morgan fingerprint density at radius 2 is 1.65 bits per heavy atom. The number of nitrogens with zero attached hydrogens (tertiary/aromatic N) is 5. The molecule has 2 aliphatic heterocycles. The first kappa shape index (κ1) is 16.7. The number of carbonyl (C=O) groups is 2. The molecule has 2 aromatic rings. The van der Waals surface area contributed by atoms with Crippen LogP contribution in [0.25, 0.3) is 0 Å². The number of imide groups is 1. The largest absolute Gasteiger partial charge is 0.338 e. The third-order valence-corrected chi connectivity index (χ3v) is 5.07. The van der Waals surface area contributed by atoms with Crippen LogP contribution in [-0.2, 0) is 9.59 Å². The summed E-state index contributed by atoms with van der Waals surface area (Å²) in [5.74, 6) is 0.472. The molecule has 2 saturated heterocycles. The smallest absolute Gasteiger partial charge is 0.251 e. The number of aryl methyl sites for hydroxylation is 1. The molecular formula is C19H21N5O2. The SMILES string of the molecule is Cc1ccccc1N1C(=O)C[C@H](N2CCN(c3ncccn3)CC2)C1=O. The minimum Gasteiger partial charge on any atom is -0.338 e. The van der Waals surface area contributed by atoms with Crippen LogP contribution in [0.3, 0.4) is 0 Å². The Morgan fingerprint density at radius 1 is 0.962 bits per heavy atom. The van der Waals surface area contributed by atoms with Gasteiger partial charge in [-0.3, -0.25) is 14.5 Å². The quantitative estimate of drug-likeness (QED) is 0.775. The van der Waals surface area contributed by atoms with Crippen LogP contribution in [0.4, 0.5) is 11.6 Å². The topological polar surface area (TPSA) is 69.6 Å². The fraction of sp³-hybridized carbons (Fsp3) is 0.368. The Kier molecular flexibility index (Phi) is 4.38. The Balaban J connectivity index is 1.46. The van der Waals surface area contributed by atoms with Crippen molar-refractivity contribution in [2.45, 2.75) is 19.4 Å². The van der Waals surface area contributed by atoms with Crippen molar-refractivity contribution in [1.29, 1.82) is 0 Å². The van der Waals surface area contributed by atoms with Crippen molar-refractivity contribution >= 4 is 23.5 Å². The van der Waals surface area contributed by atoms with Crippen molar-refractivity contribution in [3.63, 3.8) is 0 Å². The molecular weight excluding hydrogens is 330 g/mol. The molecule has 3 heterocycles. The molecule has 1 aromatic carbocycles. The average molecular weight is 351 g/mol. The Hall–Kier alpha value is -2.80. The molecule has 0 bridgehead atoms. The molecule has 0 spiro atoms. The third-order valence-electron chi connectivity index (χ3n) is 5.07. The zero-order chi connectivity index (χ0) is 18.1. The molecule has 7 nitrogen and oxygen atoms in total. The Labute approximate surface area is 152 Å². The van der Waals surface area contributed by atoms with E-state index in [0.29, 0.717) is 24.7 Å². The number of hydrogen-bond donors (Lipinski definition) is 0. The minimum absolute atomic E-state index is 0.117. The number of anilines is 2. The number of aromatic nitrogens is 2. The van der Waals surface area contributed by atoms with Gasteiger partial charge in [-0.1, -0.05) is 18.2 Å². The van der Waals surface area contributed by atoms with Crippen LogP contribution in [0.1, 0.15) is 12.0 Å². The fourth-order valence-electron chi connectivity index (χ4n) is 3.66. The number of rotatable bonds is 3. The zero-order valence-electron chi connectivity index (χ0n) is 14.7. The summed E-state index contributed by atoms with van der Waals surface area (Å²) >= 11 is 0. The van der Waals surface area contributed by atoms with Crippen LogP contribution >= 0.6 is 0 Å². The van der Waals surface area contributed by atoms with E-state index in [1.54, 1.807) is 18.5 Å². The van der Waals surface area contributed by atoms with Gasteiger partial charge in [0.05, 0.1) is 18.2 Å². The second kappa shape index (κ2) is 6.84. The summed E-state index contributed by atoms with van der Waals surface area (Å²) in [6, 6.07) is 8.94. The number of piperazine rings is 1. The standard InChI is InChI=1S/C19H21N5O2/c1-14-5-2-3-6-15(14)24-17(25)13-16(18(24)26)22-9-11-23(12-10-22)19-20-7-4-8-21-19/h2-8,16H,9-13H2,1H3/t16-/m0/s1. The maximum absolute atomic E-state index is 12.9. The van der Waals surface area contributed by atoms with Gasteiger partial charge in [-0.25, -0.2) is 14.9 Å². The van der Waals surface area contributed by atoms with Crippen LogP contribution in [0.2, 0.25) is 0 Å². The molecule has 4 rings (SSSR count). The highest BCUT2D eigenvalue weighted by Gasteiger charge is 2.43. The van der Waals surface area contributed by atoms with E-state index in [-0.39, 0.29) is 24.3 Å². The summed E-state index contributed by atoms with van der Waals surface area (Å²) in [5, 5.41) is 0. The first-order valence-electron chi connectivity index (χ1n) is 8.83. The van der Waals surface area contributed by atoms with Crippen molar-refractivity contribution in [2.24, 2.45) is 0 Å². The lowest BCUT2D eigenvalue weighted by Crippen LogP contribution is -2.53. The maximum atomic E-state index is 12.9. The number of para-hydroxylation sites is 1. The number of carbonyl (C=O) groups excluding carboxylic acids is 2. The lowest BCUT2D eigenvalue weighted by molar-refractivity contribution is -0.123. The molecule has 2 amide bonds. The fourth-order valence-corrected chi connectivity index (χ4v) is 3.66. The molecule has 0 N–H and O–H groups in total. The predicted molar refractivity (Wildman–Crippen MR) is 97.9 cm³/mol. The van der Waals surface area contributed by atoms with Crippen LogP contribution < -0.4 is 9.80 Å². The van der Waals surface area contributed by atoms with Gasteiger partial charge in [0.25, 0.3) is 5.91 Å². The van der Waals surface area contributed by atoms with Gasteiger partial charge in [-0.2, -0.15) is 0 Å². The van der Waals surface area contributed by atoms with Crippen LogP contribution in [0, 0.1) is 6.92 Å². The number of amides is 2. The molecule has 0 saturated carbocycles. The molecule has 7 heteroatoms. The first-order chi connectivity index (χ1) is 12.6. The van der Waals surface area contributed by atoms with Gasteiger partial charge in [0, 0.05) is 38.6 Å².